The quantitative estimate of drug-likeness (QED) is 0.703. The summed E-state index contributed by atoms with van der Waals surface area (Å²) in [6.45, 7) is 2.33. The van der Waals surface area contributed by atoms with Crippen molar-refractivity contribution in [3.63, 3.8) is 0 Å². The normalized spacial score (nSPS) is 25.0. The van der Waals surface area contributed by atoms with Gasteiger partial charge in [0.25, 0.3) is 0 Å². The molecule has 2 fully saturated rings. The van der Waals surface area contributed by atoms with E-state index in [-0.39, 0.29) is 29.6 Å². The van der Waals surface area contributed by atoms with E-state index in [0.29, 0.717) is 49.2 Å². The van der Waals surface area contributed by atoms with E-state index in [1.165, 1.54) is 16.6 Å². The standard InChI is InChI=1S/C24H28FN3O4S/c1-14-18(11-16(12-20(14)25)22(29)26-17-4-5-17)15-3-6-19-21(13-15)27-23(30)24(19)7-9-28(10-8-24)33(2,31)32/h3,6,12-13,17-18H,4-5,7-11H2,1-2H3,(H,26,29)(H,27,30). The Morgan fingerprint density at radius 1 is 1.24 bits per heavy atom. The number of carbonyl (C=O) groups excluding carboxylic acids is 2. The van der Waals surface area contributed by atoms with E-state index in [0.717, 1.165) is 24.0 Å². The molecule has 0 radical (unpaired) electrons. The molecule has 5 rings (SSSR count). The van der Waals surface area contributed by atoms with Gasteiger partial charge in [0, 0.05) is 36.3 Å². The first-order valence-electron chi connectivity index (χ1n) is 11.4. The minimum absolute atomic E-state index is 0.116. The van der Waals surface area contributed by atoms with E-state index in [1.807, 2.05) is 18.2 Å². The Labute approximate surface area is 193 Å². The molecule has 2 aliphatic heterocycles. The third-order valence-electron chi connectivity index (χ3n) is 7.52. The molecule has 1 unspecified atom stereocenters. The summed E-state index contributed by atoms with van der Waals surface area (Å²) < 4.78 is 39.9. The number of sulfonamides is 1. The fourth-order valence-electron chi connectivity index (χ4n) is 5.26. The van der Waals surface area contributed by atoms with Gasteiger partial charge in [-0.1, -0.05) is 12.1 Å². The zero-order valence-corrected chi connectivity index (χ0v) is 19.6. The topological polar surface area (TPSA) is 95.6 Å². The molecule has 0 aromatic heterocycles. The number of carbonyl (C=O) groups is 2. The van der Waals surface area contributed by atoms with Crippen LogP contribution in [-0.2, 0) is 25.0 Å². The smallest absolute Gasteiger partial charge is 0.247 e. The number of nitrogens with one attached hydrogen (secondary N) is 2. The van der Waals surface area contributed by atoms with Crippen molar-refractivity contribution in [3.05, 3.63) is 52.4 Å². The zero-order valence-electron chi connectivity index (χ0n) is 18.8. The lowest BCUT2D eigenvalue weighted by molar-refractivity contribution is -0.122. The van der Waals surface area contributed by atoms with Crippen LogP contribution in [-0.4, -0.2) is 49.9 Å². The summed E-state index contributed by atoms with van der Waals surface area (Å²) in [4.78, 5) is 25.5. The summed E-state index contributed by atoms with van der Waals surface area (Å²) >= 11 is 0. The van der Waals surface area contributed by atoms with Crippen LogP contribution in [0.2, 0.25) is 0 Å². The minimum Gasteiger partial charge on any atom is -0.350 e. The largest absolute Gasteiger partial charge is 0.350 e. The molecule has 1 aromatic carbocycles. The molecule has 9 heteroatoms. The van der Waals surface area contributed by atoms with Gasteiger partial charge in [-0.3, -0.25) is 9.59 Å². The van der Waals surface area contributed by atoms with Crippen LogP contribution in [0.15, 0.2) is 41.2 Å². The highest BCUT2D eigenvalue weighted by molar-refractivity contribution is 7.88. The van der Waals surface area contributed by atoms with Gasteiger partial charge in [0.2, 0.25) is 21.8 Å². The van der Waals surface area contributed by atoms with Crippen molar-refractivity contribution >= 4 is 27.5 Å². The van der Waals surface area contributed by atoms with E-state index in [2.05, 4.69) is 10.6 Å². The third-order valence-corrected chi connectivity index (χ3v) is 8.82. The van der Waals surface area contributed by atoms with Gasteiger partial charge in [-0.2, -0.15) is 0 Å². The molecule has 2 aliphatic carbocycles. The summed E-state index contributed by atoms with van der Waals surface area (Å²) in [5, 5.41) is 5.91. The summed E-state index contributed by atoms with van der Waals surface area (Å²) in [6.07, 6.45) is 5.70. The summed E-state index contributed by atoms with van der Waals surface area (Å²) in [5.74, 6) is -1.01. The highest BCUT2D eigenvalue weighted by Gasteiger charge is 2.49. The lowest BCUT2D eigenvalue weighted by Gasteiger charge is -2.36. The molecular weight excluding hydrogens is 445 g/mol. The molecule has 1 atom stereocenters. The van der Waals surface area contributed by atoms with Crippen LogP contribution in [0.1, 0.15) is 56.1 Å². The second-order valence-electron chi connectivity index (χ2n) is 9.71. The Bertz CT molecular complexity index is 1210. The number of benzene rings is 1. The van der Waals surface area contributed by atoms with Gasteiger partial charge in [-0.05, 0) is 67.9 Å². The number of amides is 2. The lowest BCUT2D eigenvalue weighted by atomic mass is 9.73. The Morgan fingerprint density at radius 3 is 2.58 bits per heavy atom. The van der Waals surface area contributed by atoms with Crippen molar-refractivity contribution in [1.82, 2.24) is 9.62 Å². The Balaban J connectivity index is 1.40. The molecule has 1 saturated heterocycles. The molecule has 176 valence electrons. The molecule has 2 amide bonds. The van der Waals surface area contributed by atoms with Crippen molar-refractivity contribution < 1.29 is 22.4 Å². The summed E-state index contributed by atoms with van der Waals surface area (Å²) in [5.41, 5.74) is 2.66. The molecule has 33 heavy (non-hydrogen) atoms. The van der Waals surface area contributed by atoms with Crippen LogP contribution < -0.4 is 10.6 Å². The fourth-order valence-corrected chi connectivity index (χ4v) is 6.10. The molecule has 1 saturated carbocycles. The Hall–Kier alpha value is -2.52. The van der Waals surface area contributed by atoms with Crippen molar-refractivity contribution in [2.45, 2.75) is 56.4 Å². The summed E-state index contributed by atoms with van der Waals surface area (Å²) in [7, 11) is -3.29. The SMILES string of the molecule is CC1=C(F)C=C(C(=O)NC2CC2)CC1c1ccc2c(c1)NC(=O)C21CCN(S(C)(=O)=O)CC1. The van der Waals surface area contributed by atoms with Crippen LogP contribution in [0, 0.1) is 0 Å². The van der Waals surface area contributed by atoms with Crippen LogP contribution in [0.4, 0.5) is 10.1 Å². The van der Waals surface area contributed by atoms with Gasteiger partial charge in [0.05, 0.1) is 11.7 Å². The zero-order chi connectivity index (χ0) is 23.5. The first-order chi connectivity index (χ1) is 15.6. The van der Waals surface area contributed by atoms with Gasteiger partial charge in [-0.15, -0.1) is 0 Å². The molecule has 7 nitrogen and oxygen atoms in total. The summed E-state index contributed by atoms with van der Waals surface area (Å²) in [6, 6.07) is 5.90. The average Bonchev–Trinajstić information content (AvgIpc) is 3.54. The number of piperidine rings is 1. The first-order valence-corrected chi connectivity index (χ1v) is 13.2. The van der Waals surface area contributed by atoms with Gasteiger partial charge in [0.1, 0.15) is 5.83 Å². The molecule has 2 heterocycles. The average molecular weight is 474 g/mol. The maximum atomic E-state index is 14.7. The molecule has 1 spiro atoms. The highest BCUT2D eigenvalue weighted by atomic mass is 32.2. The number of nitrogens with zero attached hydrogens (tertiary/aromatic N) is 1. The van der Waals surface area contributed by atoms with E-state index >= 15 is 0 Å². The maximum Gasteiger partial charge on any atom is 0.247 e. The minimum atomic E-state index is -3.29. The second kappa shape index (κ2) is 7.77. The predicted octanol–water partition coefficient (Wildman–Crippen LogP) is 2.87. The van der Waals surface area contributed by atoms with E-state index in [9.17, 15) is 22.4 Å². The predicted molar refractivity (Wildman–Crippen MR) is 123 cm³/mol. The third kappa shape index (κ3) is 3.91. The Morgan fingerprint density at radius 2 is 1.94 bits per heavy atom. The number of halogens is 1. The van der Waals surface area contributed by atoms with Crippen LogP contribution in [0.3, 0.4) is 0 Å². The van der Waals surface area contributed by atoms with Gasteiger partial charge >= 0.3 is 0 Å². The van der Waals surface area contributed by atoms with Crippen molar-refractivity contribution in [2.24, 2.45) is 0 Å². The van der Waals surface area contributed by atoms with E-state index in [1.54, 1.807) is 6.92 Å². The molecular formula is C24H28FN3O4S. The maximum absolute atomic E-state index is 14.7. The van der Waals surface area contributed by atoms with Crippen molar-refractivity contribution in [3.8, 4) is 0 Å². The number of fused-ring (bicyclic) bond motifs is 2. The number of hydrogen-bond donors (Lipinski definition) is 2. The first kappa shape index (κ1) is 22.3. The van der Waals surface area contributed by atoms with Crippen LogP contribution in [0.25, 0.3) is 0 Å². The number of rotatable bonds is 4. The van der Waals surface area contributed by atoms with Crippen LogP contribution >= 0.6 is 0 Å². The van der Waals surface area contributed by atoms with Gasteiger partial charge < -0.3 is 10.6 Å². The fraction of sp³-hybridized carbons (Fsp3) is 0.500. The van der Waals surface area contributed by atoms with Crippen molar-refractivity contribution in [1.29, 1.82) is 0 Å². The number of anilines is 1. The highest BCUT2D eigenvalue weighted by Crippen LogP contribution is 2.47. The molecule has 1 aromatic rings. The molecule has 0 bridgehead atoms. The second-order valence-corrected chi connectivity index (χ2v) is 11.7. The number of allylic oxidation sites excluding steroid dienone is 3. The van der Waals surface area contributed by atoms with E-state index in [4.69, 9.17) is 0 Å². The monoisotopic (exact) mass is 473 g/mol. The molecule has 4 aliphatic rings. The van der Waals surface area contributed by atoms with E-state index < -0.39 is 15.4 Å². The number of hydrogen-bond acceptors (Lipinski definition) is 4. The Kier molecular flexibility index (Phi) is 5.25. The molecule has 2 N–H and O–H groups in total. The lowest BCUT2D eigenvalue weighted by Crippen LogP contribution is -2.47. The van der Waals surface area contributed by atoms with Gasteiger partial charge in [-0.25, -0.2) is 17.1 Å². The van der Waals surface area contributed by atoms with Crippen LogP contribution in [0.5, 0.6) is 0 Å². The van der Waals surface area contributed by atoms with Crippen molar-refractivity contribution in [2.75, 3.05) is 24.7 Å². The van der Waals surface area contributed by atoms with Gasteiger partial charge in [0.15, 0.2) is 0 Å².